The number of hydrogen-bond acceptors (Lipinski definition) is 6. The van der Waals surface area contributed by atoms with Crippen LogP contribution in [0.15, 0.2) is 24.3 Å². The Labute approximate surface area is 128 Å². The maximum Gasteiger partial charge on any atom is 0.323 e. The quantitative estimate of drug-likeness (QED) is 0.854. The molecule has 0 saturated carbocycles. The molecule has 0 aliphatic rings. The molecule has 0 aliphatic carbocycles. The van der Waals surface area contributed by atoms with E-state index in [9.17, 15) is 0 Å². The Kier molecular flexibility index (Phi) is 5.16. The fraction of sp³-hybridized carbons (Fsp3) is 0.357. The minimum atomic E-state index is -0.0414. The van der Waals surface area contributed by atoms with Gasteiger partial charge in [-0.05, 0) is 25.5 Å². The summed E-state index contributed by atoms with van der Waals surface area (Å²) in [4.78, 5) is 12.6. The van der Waals surface area contributed by atoms with Gasteiger partial charge in [-0.1, -0.05) is 29.8 Å². The lowest BCUT2D eigenvalue weighted by molar-refractivity contribution is 0.312. The van der Waals surface area contributed by atoms with Crippen molar-refractivity contribution in [3.63, 3.8) is 0 Å². The molecule has 1 aromatic carbocycles. The van der Waals surface area contributed by atoms with Gasteiger partial charge >= 0.3 is 6.01 Å². The Morgan fingerprint density at radius 1 is 1.19 bits per heavy atom. The second-order valence-electron chi connectivity index (χ2n) is 4.34. The Morgan fingerprint density at radius 2 is 1.90 bits per heavy atom. The smallest absolute Gasteiger partial charge is 0.323 e. The van der Waals surface area contributed by atoms with Crippen molar-refractivity contribution in [3.05, 3.63) is 34.9 Å². The predicted octanol–water partition coefficient (Wildman–Crippen LogP) is 3.14. The van der Waals surface area contributed by atoms with Crippen LogP contribution < -0.4 is 15.4 Å². The molecular formula is C14H18ClN5O. The molecule has 2 rings (SSSR count). The number of ether oxygens (including phenoxy) is 1. The highest BCUT2D eigenvalue weighted by atomic mass is 35.5. The summed E-state index contributed by atoms with van der Waals surface area (Å²) in [6.07, 6.45) is 0. The summed E-state index contributed by atoms with van der Waals surface area (Å²) < 4.78 is 5.33. The van der Waals surface area contributed by atoms with Crippen LogP contribution in [0.25, 0.3) is 0 Å². The van der Waals surface area contributed by atoms with Gasteiger partial charge in [0.05, 0.1) is 12.6 Å². The topological polar surface area (TPSA) is 72.0 Å². The lowest BCUT2D eigenvalue weighted by Crippen LogP contribution is -2.12. The average molecular weight is 308 g/mol. The molecule has 21 heavy (non-hydrogen) atoms. The van der Waals surface area contributed by atoms with Gasteiger partial charge in [-0.25, -0.2) is 0 Å². The van der Waals surface area contributed by atoms with E-state index in [2.05, 4.69) is 25.6 Å². The van der Waals surface area contributed by atoms with E-state index < -0.39 is 0 Å². The monoisotopic (exact) mass is 307 g/mol. The van der Waals surface area contributed by atoms with Gasteiger partial charge in [0.2, 0.25) is 11.9 Å². The Bertz CT molecular complexity index is 608. The molecule has 1 unspecified atom stereocenters. The highest BCUT2D eigenvalue weighted by Crippen LogP contribution is 2.25. The first-order valence-electron chi connectivity index (χ1n) is 6.71. The molecule has 0 amide bonds. The van der Waals surface area contributed by atoms with Crippen LogP contribution in [0.5, 0.6) is 6.01 Å². The zero-order valence-electron chi connectivity index (χ0n) is 12.2. The second kappa shape index (κ2) is 7.08. The first kappa shape index (κ1) is 15.3. The van der Waals surface area contributed by atoms with Gasteiger partial charge in [-0.2, -0.15) is 15.0 Å². The molecule has 112 valence electrons. The van der Waals surface area contributed by atoms with Crippen LogP contribution in [0.1, 0.15) is 25.5 Å². The number of anilines is 2. The molecule has 0 spiro atoms. The van der Waals surface area contributed by atoms with Crippen molar-refractivity contribution in [1.82, 2.24) is 15.0 Å². The molecule has 0 bridgehead atoms. The average Bonchev–Trinajstić information content (AvgIpc) is 2.47. The van der Waals surface area contributed by atoms with E-state index in [1.54, 1.807) is 7.05 Å². The van der Waals surface area contributed by atoms with Gasteiger partial charge in [0.25, 0.3) is 0 Å². The van der Waals surface area contributed by atoms with Crippen molar-refractivity contribution >= 4 is 23.5 Å². The van der Waals surface area contributed by atoms with Crippen LogP contribution in [-0.2, 0) is 0 Å². The molecule has 0 saturated heterocycles. The Morgan fingerprint density at radius 3 is 2.57 bits per heavy atom. The van der Waals surface area contributed by atoms with E-state index in [1.807, 2.05) is 38.1 Å². The molecule has 2 aromatic rings. The van der Waals surface area contributed by atoms with E-state index >= 15 is 0 Å². The second-order valence-corrected chi connectivity index (χ2v) is 4.74. The standard InChI is InChI=1S/C14H18ClN5O/c1-4-21-14-19-12(16-3)18-13(20-14)17-9(2)10-7-5-6-8-11(10)15/h5-9H,4H2,1-3H3,(H2,16,17,18,19,20). The highest BCUT2D eigenvalue weighted by Gasteiger charge is 2.12. The number of rotatable bonds is 6. The van der Waals surface area contributed by atoms with Crippen LogP contribution in [0.2, 0.25) is 5.02 Å². The van der Waals surface area contributed by atoms with Crippen LogP contribution in [0, 0.1) is 0 Å². The van der Waals surface area contributed by atoms with E-state index in [1.165, 1.54) is 0 Å². The van der Waals surface area contributed by atoms with Crippen molar-refractivity contribution in [1.29, 1.82) is 0 Å². The molecule has 1 aromatic heterocycles. The minimum absolute atomic E-state index is 0.0414. The summed E-state index contributed by atoms with van der Waals surface area (Å²) in [5, 5.41) is 6.79. The maximum absolute atomic E-state index is 6.19. The fourth-order valence-corrected chi connectivity index (χ4v) is 2.12. The largest absolute Gasteiger partial charge is 0.464 e. The summed E-state index contributed by atoms with van der Waals surface area (Å²) in [6.45, 7) is 4.36. The number of nitrogens with zero attached hydrogens (tertiary/aromatic N) is 3. The van der Waals surface area contributed by atoms with Crippen LogP contribution >= 0.6 is 11.6 Å². The summed E-state index contributed by atoms with van der Waals surface area (Å²) in [7, 11) is 1.74. The van der Waals surface area contributed by atoms with Crippen molar-refractivity contribution in [2.45, 2.75) is 19.9 Å². The minimum Gasteiger partial charge on any atom is -0.464 e. The first-order chi connectivity index (χ1) is 10.1. The zero-order chi connectivity index (χ0) is 15.2. The molecule has 2 N–H and O–H groups in total. The van der Waals surface area contributed by atoms with E-state index in [-0.39, 0.29) is 12.1 Å². The van der Waals surface area contributed by atoms with Gasteiger partial charge in [0.1, 0.15) is 0 Å². The van der Waals surface area contributed by atoms with Crippen molar-refractivity contribution in [2.75, 3.05) is 24.3 Å². The molecule has 1 atom stereocenters. The molecule has 0 aliphatic heterocycles. The van der Waals surface area contributed by atoms with Crippen LogP contribution in [0.4, 0.5) is 11.9 Å². The number of benzene rings is 1. The highest BCUT2D eigenvalue weighted by molar-refractivity contribution is 6.31. The van der Waals surface area contributed by atoms with Gasteiger partial charge in [-0.3, -0.25) is 0 Å². The molecule has 6 nitrogen and oxygen atoms in total. The molecular weight excluding hydrogens is 290 g/mol. The van der Waals surface area contributed by atoms with E-state index in [0.717, 1.165) is 5.56 Å². The number of aromatic nitrogens is 3. The third-order valence-corrected chi connectivity index (χ3v) is 3.17. The van der Waals surface area contributed by atoms with Crippen molar-refractivity contribution in [2.24, 2.45) is 0 Å². The molecule has 0 fully saturated rings. The van der Waals surface area contributed by atoms with Gasteiger partial charge in [-0.15, -0.1) is 0 Å². The van der Waals surface area contributed by atoms with E-state index in [4.69, 9.17) is 16.3 Å². The third kappa shape index (κ3) is 3.95. The zero-order valence-corrected chi connectivity index (χ0v) is 13.0. The van der Waals surface area contributed by atoms with Gasteiger partial charge < -0.3 is 15.4 Å². The Hall–Kier alpha value is -2.08. The normalized spacial score (nSPS) is 11.8. The first-order valence-corrected chi connectivity index (χ1v) is 7.09. The van der Waals surface area contributed by atoms with Gasteiger partial charge in [0.15, 0.2) is 0 Å². The van der Waals surface area contributed by atoms with Crippen molar-refractivity contribution < 1.29 is 4.74 Å². The molecule has 7 heteroatoms. The summed E-state index contributed by atoms with van der Waals surface area (Å²) in [5.74, 6) is 0.882. The van der Waals surface area contributed by atoms with Crippen molar-refractivity contribution in [3.8, 4) is 6.01 Å². The van der Waals surface area contributed by atoms with Crippen LogP contribution in [-0.4, -0.2) is 28.6 Å². The number of hydrogen-bond donors (Lipinski definition) is 2. The lowest BCUT2D eigenvalue weighted by atomic mass is 10.1. The fourth-order valence-electron chi connectivity index (χ4n) is 1.82. The molecule has 1 heterocycles. The SMILES string of the molecule is CCOc1nc(NC)nc(NC(C)c2ccccc2Cl)n1. The molecule has 0 radical (unpaired) electrons. The number of halogens is 1. The summed E-state index contributed by atoms with van der Waals surface area (Å²) in [5.41, 5.74) is 0.976. The van der Waals surface area contributed by atoms with Crippen LogP contribution in [0.3, 0.4) is 0 Å². The lowest BCUT2D eigenvalue weighted by Gasteiger charge is -2.16. The number of nitrogens with one attached hydrogen (secondary N) is 2. The summed E-state index contributed by atoms with van der Waals surface area (Å²) in [6, 6.07) is 7.90. The van der Waals surface area contributed by atoms with Gasteiger partial charge in [0, 0.05) is 12.1 Å². The summed E-state index contributed by atoms with van der Waals surface area (Å²) >= 11 is 6.19. The predicted molar refractivity (Wildman–Crippen MR) is 84.0 cm³/mol. The third-order valence-electron chi connectivity index (χ3n) is 2.83. The van der Waals surface area contributed by atoms with E-state index in [0.29, 0.717) is 23.5 Å². The maximum atomic E-state index is 6.19. The Balaban J connectivity index is 2.22.